The smallest absolute Gasteiger partial charge is 0.162 e. The van der Waals surface area contributed by atoms with Crippen LogP contribution in [0.1, 0.15) is 4.88 Å². The number of nitrogens with one attached hydrogen (secondary N) is 2. The number of hydrogen-bond acceptors (Lipinski definition) is 7. The van der Waals surface area contributed by atoms with Crippen LogP contribution >= 0.6 is 11.3 Å². The first-order valence-electron chi connectivity index (χ1n) is 9.04. The van der Waals surface area contributed by atoms with Gasteiger partial charge in [-0.3, -0.25) is 5.10 Å². The summed E-state index contributed by atoms with van der Waals surface area (Å²) in [5, 5.41) is 11.5. The van der Waals surface area contributed by atoms with Gasteiger partial charge in [0.2, 0.25) is 0 Å². The second-order valence-electron chi connectivity index (χ2n) is 6.56. The highest BCUT2D eigenvalue weighted by Gasteiger charge is 2.20. The quantitative estimate of drug-likeness (QED) is 0.567. The van der Waals surface area contributed by atoms with Crippen molar-refractivity contribution in [2.45, 2.75) is 6.54 Å². The summed E-state index contributed by atoms with van der Waals surface area (Å²) in [5.74, 6) is 1.75. The van der Waals surface area contributed by atoms with E-state index in [0.29, 0.717) is 0 Å². The number of ether oxygens (including phenoxy) is 1. The molecule has 1 aliphatic heterocycles. The average Bonchev–Trinajstić information content (AvgIpc) is 3.34. The number of aromatic amines is 1. The second-order valence-corrected chi connectivity index (χ2v) is 7.70. The third kappa shape index (κ3) is 2.95. The molecule has 138 valence electrons. The Hall–Kier alpha value is -2.55. The van der Waals surface area contributed by atoms with E-state index in [0.717, 1.165) is 71.2 Å². The van der Waals surface area contributed by atoms with Crippen molar-refractivity contribution in [3.63, 3.8) is 0 Å². The molecule has 4 aromatic rings. The monoisotopic (exact) mass is 380 g/mol. The molecule has 0 bridgehead atoms. The van der Waals surface area contributed by atoms with Crippen LogP contribution in [0.2, 0.25) is 0 Å². The zero-order valence-electron chi connectivity index (χ0n) is 15.0. The molecule has 4 heterocycles. The summed E-state index contributed by atoms with van der Waals surface area (Å²) in [6, 6.07) is 8.25. The van der Waals surface area contributed by atoms with E-state index in [2.05, 4.69) is 32.5 Å². The predicted molar refractivity (Wildman–Crippen MR) is 108 cm³/mol. The fourth-order valence-electron chi connectivity index (χ4n) is 3.50. The molecule has 3 aromatic heterocycles. The predicted octanol–water partition coefficient (Wildman–Crippen LogP) is 2.79. The number of anilines is 1. The van der Waals surface area contributed by atoms with E-state index in [1.54, 1.807) is 11.3 Å². The van der Waals surface area contributed by atoms with Crippen LogP contribution in [0.15, 0.2) is 30.5 Å². The molecule has 5 rings (SSSR count). The third-order valence-electron chi connectivity index (χ3n) is 4.79. The van der Waals surface area contributed by atoms with Crippen molar-refractivity contribution in [2.24, 2.45) is 0 Å². The summed E-state index contributed by atoms with van der Waals surface area (Å²) in [5.41, 5.74) is 2.99. The molecule has 27 heavy (non-hydrogen) atoms. The summed E-state index contributed by atoms with van der Waals surface area (Å²) >= 11 is 1.76. The summed E-state index contributed by atoms with van der Waals surface area (Å²) in [6.07, 6.45) is 1.84. The Morgan fingerprint density at radius 3 is 3.00 bits per heavy atom. The van der Waals surface area contributed by atoms with Gasteiger partial charge >= 0.3 is 0 Å². The van der Waals surface area contributed by atoms with Gasteiger partial charge in [-0.05, 0) is 19.2 Å². The molecule has 1 aliphatic rings. The molecular weight excluding hydrogens is 360 g/mol. The van der Waals surface area contributed by atoms with Crippen LogP contribution in [0.4, 0.5) is 5.82 Å². The van der Waals surface area contributed by atoms with Crippen molar-refractivity contribution in [2.75, 3.05) is 38.3 Å². The average molecular weight is 380 g/mol. The maximum absolute atomic E-state index is 5.54. The van der Waals surface area contributed by atoms with Crippen molar-refractivity contribution < 1.29 is 4.74 Å². The number of thiophene rings is 1. The lowest BCUT2D eigenvalue weighted by Gasteiger charge is -2.28. The molecule has 1 saturated heterocycles. The van der Waals surface area contributed by atoms with Crippen LogP contribution < -0.4 is 10.2 Å². The Morgan fingerprint density at radius 1 is 1.26 bits per heavy atom. The van der Waals surface area contributed by atoms with E-state index in [9.17, 15) is 0 Å². The molecule has 1 fully saturated rings. The second kappa shape index (κ2) is 6.88. The van der Waals surface area contributed by atoms with Crippen molar-refractivity contribution in [3.8, 4) is 11.4 Å². The normalized spacial score (nSPS) is 15.1. The van der Waals surface area contributed by atoms with Gasteiger partial charge in [0.1, 0.15) is 0 Å². The van der Waals surface area contributed by atoms with E-state index in [1.165, 1.54) is 4.88 Å². The van der Waals surface area contributed by atoms with E-state index in [4.69, 9.17) is 14.7 Å². The van der Waals surface area contributed by atoms with E-state index >= 15 is 0 Å². The summed E-state index contributed by atoms with van der Waals surface area (Å²) in [6.45, 7) is 3.98. The van der Waals surface area contributed by atoms with Crippen molar-refractivity contribution in [1.29, 1.82) is 0 Å². The Morgan fingerprint density at radius 2 is 2.15 bits per heavy atom. The molecule has 0 unspecified atom stereocenters. The van der Waals surface area contributed by atoms with E-state index in [-0.39, 0.29) is 0 Å². The molecular formula is C19H20N6OS. The van der Waals surface area contributed by atoms with Gasteiger partial charge in [-0.25, -0.2) is 9.97 Å². The Bertz CT molecular complexity index is 1100. The standard InChI is InChI=1S/C19H20N6OS/c1-20-10-12-9-16-17(27-12)19(25-5-7-26-8-6-25)23-18(22-16)13-3-2-4-15-14(13)11-21-24-15/h2-4,9,11,20H,5-8,10H2,1H3,(H,21,24). The summed E-state index contributed by atoms with van der Waals surface area (Å²) < 4.78 is 6.68. The van der Waals surface area contributed by atoms with Crippen LogP contribution in [0, 0.1) is 0 Å². The molecule has 0 amide bonds. The lowest BCUT2D eigenvalue weighted by atomic mass is 10.1. The number of benzene rings is 1. The maximum Gasteiger partial charge on any atom is 0.162 e. The first-order valence-corrected chi connectivity index (χ1v) is 9.85. The highest BCUT2D eigenvalue weighted by Crippen LogP contribution is 2.35. The molecule has 0 atom stereocenters. The van der Waals surface area contributed by atoms with E-state index < -0.39 is 0 Å². The van der Waals surface area contributed by atoms with Gasteiger partial charge in [-0.1, -0.05) is 12.1 Å². The summed E-state index contributed by atoms with van der Waals surface area (Å²) in [7, 11) is 1.96. The van der Waals surface area contributed by atoms with Gasteiger partial charge in [-0.15, -0.1) is 11.3 Å². The zero-order chi connectivity index (χ0) is 18.2. The number of fused-ring (bicyclic) bond motifs is 2. The van der Waals surface area contributed by atoms with Gasteiger partial charge in [0.05, 0.1) is 35.1 Å². The Balaban J connectivity index is 1.71. The first-order chi connectivity index (χ1) is 13.3. The highest BCUT2D eigenvalue weighted by molar-refractivity contribution is 7.19. The number of H-pyrrole nitrogens is 1. The first kappa shape index (κ1) is 16.6. The lowest BCUT2D eigenvalue weighted by molar-refractivity contribution is 0.122. The highest BCUT2D eigenvalue weighted by atomic mass is 32.1. The number of aromatic nitrogens is 4. The van der Waals surface area contributed by atoms with Gasteiger partial charge in [-0.2, -0.15) is 5.10 Å². The van der Waals surface area contributed by atoms with Crippen LogP contribution in [0.3, 0.4) is 0 Å². The third-order valence-corrected chi connectivity index (χ3v) is 5.91. The van der Waals surface area contributed by atoms with Crippen LogP contribution in [0.5, 0.6) is 0 Å². The minimum Gasteiger partial charge on any atom is -0.378 e. The summed E-state index contributed by atoms with van der Waals surface area (Å²) in [4.78, 5) is 13.5. The van der Waals surface area contributed by atoms with Gasteiger partial charge in [0.15, 0.2) is 11.6 Å². The molecule has 0 aliphatic carbocycles. The topological polar surface area (TPSA) is 79.0 Å². The van der Waals surface area contributed by atoms with Crippen LogP contribution in [-0.2, 0) is 11.3 Å². The van der Waals surface area contributed by atoms with Crippen molar-refractivity contribution in [3.05, 3.63) is 35.3 Å². The Labute approximate surface area is 160 Å². The largest absolute Gasteiger partial charge is 0.378 e. The molecule has 0 spiro atoms. The Kier molecular flexibility index (Phi) is 4.23. The molecule has 1 aromatic carbocycles. The van der Waals surface area contributed by atoms with Crippen LogP contribution in [0.25, 0.3) is 32.5 Å². The maximum atomic E-state index is 5.54. The van der Waals surface area contributed by atoms with Crippen molar-refractivity contribution in [1.82, 2.24) is 25.5 Å². The number of nitrogens with zero attached hydrogens (tertiary/aromatic N) is 4. The number of rotatable bonds is 4. The van der Waals surface area contributed by atoms with E-state index in [1.807, 2.05) is 25.4 Å². The number of hydrogen-bond donors (Lipinski definition) is 2. The molecule has 0 saturated carbocycles. The molecule has 7 nitrogen and oxygen atoms in total. The fraction of sp³-hybridized carbons (Fsp3) is 0.316. The minimum absolute atomic E-state index is 0.729. The van der Waals surface area contributed by atoms with Crippen molar-refractivity contribution >= 4 is 38.3 Å². The fourth-order valence-corrected chi connectivity index (χ4v) is 4.62. The SMILES string of the molecule is CNCc1cc2nc(-c3cccc4[nH]ncc34)nc(N3CCOCC3)c2s1. The number of morpholine rings is 1. The van der Waals surface area contributed by atoms with Gasteiger partial charge < -0.3 is 15.0 Å². The van der Waals surface area contributed by atoms with Gasteiger partial charge in [0, 0.05) is 35.5 Å². The lowest BCUT2D eigenvalue weighted by Crippen LogP contribution is -2.36. The van der Waals surface area contributed by atoms with Crippen LogP contribution in [-0.4, -0.2) is 53.5 Å². The molecule has 8 heteroatoms. The molecule has 2 N–H and O–H groups in total. The van der Waals surface area contributed by atoms with Gasteiger partial charge in [0.25, 0.3) is 0 Å². The minimum atomic E-state index is 0.729. The zero-order valence-corrected chi connectivity index (χ0v) is 15.8. The molecule has 0 radical (unpaired) electrons.